The molecule has 0 bridgehead atoms. The van der Waals surface area contributed by atoms with Crippen LogP contribution in [0.2, 0.25) is 5.02 Å². The zero-order valence-electron chi connectivity index (χ0n) is 13.5. The Kier molecular flexibility index (Phi) is 4.97. The largest absolute Gasteiger partial charge is 0.283 e. The van der Waals surface area contributed by atoms with Crippen molar-refractivity contribution in [2.24, 2.45) is 5.10 Å². The maximum absolute atomic E-state index is 12.4. The summed E-state index contributed by atoms with van der Waals surface area (Å²) in [6, 6.07) is 15.9. The molecule has 0 saturated carbocycles. The number of hydrogen-bond donors (Lipinski definition) is 1. The molecular formula is C19H17ClN2OS. The number of rotatable bonds is 4. The van der Waals surface area contributed by atoms with E-state index in [0.717, 1.165) is 27.8 Å². The highest BCUT2D eigenvalue weighted by molar-refractivity contribution is 7.21. The number of hydrazone groups is 1. The van der Waals surface area contributed by atoms with Gasteiger partial charge in [-0.1, -0.05) is 61.0 Å². The van der Waals surface area contributed by atoms with Crippen molar-refractivity contribution in [2.45, 2.75) is 20.3 Å². The minimum Gasteiger partial charge on any atom is -0.266 e. The molecule has 24 heavy (non-hydrogen) atoms. The number of thiophene rings is 1. The van der Waals surface area contributed by atoms with E-state index in [-0.39, 0.29) is 5.91 Å². The number of hydrogen-bond acceptors (Lipinski definition) is 3. The van der Waals surface area contributed by atoms with Crippen molar-refractivity contribution < 1.29 is 4.79 Å². The molecule has 3 nitrogen and oxygen atoms in total. The lowest BCUT2D eigenvalue weighted by atomic mass is 10.1. The summed E-state index contributed by atoms with van der Waals surface area (Å²) in [5.41, 5.74) is 5.61. The third-order valence-corrected chi connectivity index (χ3v) is 5.52. The molecule has 122 valence electrons. The Morgan fingerprint density at radius 3 is 2.54 bits per heavy atom. The van der Waals surface area contributed by atoms with E-state index in [1.807, 2.05) is 43.3 Å². The van der Waals surface area contributed by atoms with Crippen molar-refractivity contribution in [3.63, 3.8) is 0 Å². The Labute approximate surface area is 150 Å². The maximum atomic E-state index is 12.4. The molecule has 0 unspecified atom stereocenters. The fourth-order valence-electron chi connectivity index (χ4n) is 2.39. The van der Waals surface area contributed by atoms with Crippen LogP contribution in [0.4, 0.5) is 0 Å². The summed E-state index contributed by atoms with van der Waals surface area (Å²) in [5.74, 6) is -0.286. The number of carbonyl (C=O) groups is 1. The van der Waals surface area contributed by atoms with Gasteiger partial charge in [-0.05, 0) is 30.5 Å². The van der Waals surface area contributed by atoms with Crippen LogP contribution >= 0.6 is 22.9 Å². The number of nitrogens with zero attached hydrogens (tertiary/aromatic N) is 1. The van der Waals surface area contributed by atoms with Gasteiger partial charge < -0.3 is 0 Å². The van der Waals surface area contributed by atoms with Crippen molar-refractivity contribution in [1.29, 1.82) is 0 Å². The van der Waals surface area contributed by atoms with Crippen LogP contribution in [0.25, 0.3) is 10.1 Å². The third-order valence-electron chi connectivity index (χ3n) is 3.85. The van der Waals surface area contributed by atoms with Crippen LogP contribution < -0.4 is 5.43 Å². The normalized spacial score (nSPS) is 11.7. The molecule has 1 N–H and O–H groups in total. The maximum Gasteiger partial charge on any atom is 0.283 e. The van der Waals surface area contributed by atoms with E-state index in [9.17, 15) is 4.79 Å². The van der Waals surface area contributed by atoms with Gasteiger partial charge in [0.05, 0.1) is 10.7 Å². The fraction of sp³-hybridized carbons (Fsp3) is 0.158. The number of aryl methyl sites for hydroxylation is 1. The lowest BCUT2D eigenvalue weighted by molar-refractivity contribution is 0.0959. The average molecular weight is 357 g/mol. The van der Waals surface area contributed by atoms with Crippen molar-refractivity contribution in [3.05, 3.63) is 69.6 Å². The summed E-state index contributed by atoms with van der Waals surface area (Å²) in [5, 5.41) is 5.58. The van der Waals surface area contributed by atoms with Gasteiger partial charge >= 0.3 is 0 Å². The van der Waals surface area contributed by atoms with E-state index >= 15 is 0 Å². The van der Waals surface area contributed by atoms with Crippen LogP contribution in [0.5, 0.6) is 0 Å². The van der Waals surface area contributed by atoms with Crippen LogP contribution in [0.3, 0.4) is 0 Å². The molecular weight excluding hydrogens is 340 g/mol. The molecule has 0 aliphatic carbocycles. The molecule has 1 heterocycles. The van der Waals surface area contributed by atoms with Gasteiger partial charge in [0, 0.05) is 10.1 Å². The SMILES string of the molecule is CCc1ccc(/C(C)=N/NC(=O)c2sc3ccccc3c2Cl)cc1. The first kappa shape index (κ1) is 16.7. The van der Waals surface area contributed by atoms with Crippen molar-refractivity contribution in [2.75, 3.05) is 0 Å². The van der Waals surface area contributed by atoms with Crippen molar-refractivity contribution in [3.8, 4) is 0 Å². The molecule has 0 aliphatic rings. The summed E-state index contributed by atoms with van der Waals surface area (Å²) >= 11 is 7.69. The van der Waals surface area contributed by atoms with Crippen LogP contribution in [-0.4, -0.2) is 11.6 Å². The summed E-state index contributed by atoms with van der Waals surface area (Å²) in [6.45, 7) is 3.98. The van der Waals surface area contributed by atoms with Crippen LogP contribution in [-0.2, 0) is 6.42 Å². The van der Waals surface area contributed by atoms with Gasteiger partial charge in [-0.2, -0.15) is 5.10 Å². The van der Waals surface area contributed by atoms with E-state index in [4.69, 9.17) is 11.6 Å². The Morgan fingerprint density at radius 1 is 1.17 bits per heavy atom. The van der Waals surface area contributed by atoms with Gasteiger partial charge in [-0.3, -0.25) is 4.79 Å². The quantitative estimate of drug-likeness (QED) is 0.502. The first-order valence-corrected chi connectivity index (χ1v) is 8.90. The van der Waals surface area contributed by atoms with Crippen molar-refractivity contribution in [1.82, 2.24) is 5.43 Å². The average Bonchev–Trinajstić information content (AvgIpc) is 2.96. The van der Waals surface area contributed by atoms with E-state index in [0.29, 0.717) is 9.90 Å². The second-order valence-electron chi connectivity index (χ2n) is 5.43. The summed E-state index contributed by atoms with van der Waals surface area (Å²) in [7, 11) is 0. The van der Waals surface area contributed by atoms with Gasteiger partial charge in [-0.15, -0.1) is 11.3 Å². The second kappa shape index (κ2) is 7.16. The number of benzene rings is 2. The van der Waals surface area contributed by atoms with Crippen LogP contribution in [0, 0.1) is 0 Å². The molecule has 0 fully saturated rings. The first-order chi connectivity index (χ1) is 11.6. The smallest absolute Gasteiger partial charge is 0.266 e. The van der Waals surface area contributed by atoms with Gasteiger partial charge in [0.1, 0.15) is 4.88 Å². The van der Waals surface area contributed by atoms with Gasteiger partial charge in [0.2, 0.25) is 0 Å². The topological polar surface area (TPSA) is 41.5 Å². The van der Waals surface area contributed by atoms with Gasteiger partial charge in [0.25, 0.3) is 5.91 Å². The van der Waals surface area contributed by atoms with E-state index in [1.54, 1.807) is 0 Å². The summed E-state index contributed by atoms with van der Waals surface area (Å²) in [6.07, 6.45) is 0.998. The highest BCUT2D eigenvalue weighted by Gasteiger charge is 2.16. The second-order valence-corrected chi connectivity index (χ2v) is 6.86. The molecule has 0 radical (unpaired) electrons. The van der Waals surface area contributed by atoms with E-state index in [1.165, 1.54) is 16.9 Å². The Hall–Kier alpha value is -2.17. The minimum atomic E-state index is -0.286. The zero-order chi connectivity index (χ0) is 17.1. The van der Waals surface area contributed by atoms with E-state index in [2.05, 4.69) is 29.6 Å². The Bertz CT molecular complexity index is 913. The predicted molar refractivity (Wildman–Crippen MR) is 102 cm³/mol. The first-order valence-electron chi connectivity index (χ1n) is 7.71. The number of halogens is 1. The molecule has 2 aromatic carbocycles. The molecule has 1 amide bonds. The Morgan fingerprint density at radius 2 is 1.88 bits per heavy atom. The number of carbonyl (C=O) groups excluding carboxylic acids is 1. The number of amides is 1. The van der Waals surface area contributed by atoms with Crippen molar-refractivity contribution >= 4 is 44.6 Å². The molecule has 0 saturated heterocycles. The predicted octanol–water partition coefficient (Wildman–Crippen LogP) is 5.27. The monoisotopic (exact) mass is 356 g/mol. The van der Waals surface area contributed by atoms with E-state index < -0.39 is 0 Å². The van der Waals surface area contributed by atoms with Gasteiger partial charge in [-0.25, -0.2) is 5.43 Å². The standard InChI is InChI=1S/C19H17ClN2OS/c1-3-13-8-10-14(11-9-13)12(2)21-22-19(23)18-17(20)15-6-4-5-7-16(15)24-18/h4-11H,3H2,1-2H3,(H,22,23)/b21-12+. The number of nitrogens with one attached hydrogen (secondary N) is 1. The summed E-state index contributed by atoms with van der Waals surface area (Å²) in [4.78, 5) is 12.9. The molecule has 0 atom stereocenters. The highest BCUT2D eigenvalue weighted by Crippen LogP contribution is 2.34. The molecule has 0 aliphatic heterocycles. The lowest BCUT2D eigenvalue weighted by Gasteiger charge is -2.03. The molecule has 5 heteroatoms. The highest BCUT2D eigenvalue weighted by atomic mass is 35.5. The van der Waals surface area contributed by atoms with Gasteiger partial charge in [0.15, 0.2) is 0 Å². The molecule has 3 aromatic rings. The minimum absolute atomic E-state index is 0.286. The fourth-order valence-corrected chi connectivity index (χ4v) is 3.80. The van der Waals surface area contributed by atoms with Crippen LogP contribution in [0.15, 0.2) is 53.6 Å². The lowest BCUT2D eigenvalue weighted by Crippen LogP contribution is -2.18. The molecule has 1 aromatic heterocycles. The third kappa shape index (κ3) is 3.35. The zero-order valence-corrected chi connectivity index (χ0v) is 15.0. The number of fused-ring (bicyclic) bond motifs is 1. The van der Waals surface area contributed by atoms with Crippen LogP contribution in [0.1, 0.15) is 34.6 Å². The Balaban J connectivity index is 1.79. The summed E-state index contributed by atoms with van der Waals surface area (Å²) < 4.78 is 0.989. The molecule has 3 rings (SSSR count). The molecule has 0 spiro atoms.